The van der Waals surface area contributed by atoms with Crippen LogP contribution in [-0.4, -0.2) is 37.6 Å². The Labute approximate surface area is 151 Å². The molecule has 0 fully saturated rings. The van der Waals surface area contributed by atoms with E-state index < -0.39 is 5.97 Å². The summed E-state index contributed by atoms with van der Waals surface area (Å²) in [7, 11) is 3.94. The lowest BCUT2D eigenvalue weighted by Crippen LogP contribution is -2.08. The maximum Gasteiger partial charge on any atom is 0.350 e. The maximum absolute atomic E-state index is 12.0. The van der Waals surface area contributed by atoms with Gasteiger partial charge in [0.2, 0.25) is 5.91 Å². The Hall–Kier alpha value is -2.67. The van der Waals surface area contributed by atoms with E-state index in [1.54, 1.807) is 19.9 Å². The quantitative estimate of drug-likeness (QED) is 0.633. The van der Waals surface area contributed by atoms with Gasteiger partial charge in [0.1, 0.15) is 4.88 Å². The summed E-state index contributed by atoms with van der Waals surface area (Å²) < 4.78 is 4.96. The zero-order valence-electron chi connectivity index (χ0n) is 14.7. The summed E-state index contributed by atoms with van der Waals surface area (Å²) in [6.07, 6.45) is 3.16. The Morgan fingerprint density at radius 3 is 2.56 bits per heavy atom. The van der Waals surface area contributed by atoms with Gasteiger partial charge in [0.25, 0.3) is 0 Å². The molecule has 0 bridgehead atoms. The number of esters is 1. The average molecular weight is 359 g/mol. The minimum atomic E-state index is -0.422. The van der Waals surface area contributed by atoms with E-state index in [1.165, 1.54) is 6.08 Å². The fourth-order valence-corrected chi connectivity index (χ4v) is 2.90. The highest BCUT2D eigenvalue weighted by Gasteiger charge is 2.16. The van der Waals surface area contributed by atoms with Gasteiger partial charge in [-0.2, -0.15) is 0 Å². The van der Waals surface area contributed by atoms with Crippen molar-refractivity contribution in [3.8, 4) is 0 Å². The predicted molar refractivity (Wildman–Crippen MR) is 101 cm³/mol. The zero-order valence-corrected chi connectivity index (χ0v) is 15.5. The molecule has 7 heteroatoms. The number of nitrogens with zero attached hydrogens (tertiary/aromatic N) is 2. The van der Waals surface area contributed by atoms with Crippen LogP contribution in [0.25, 0.3) is 6.08 Å². The minimum Gasteiger partial charge on any atom is -0.462 e. The number of aryl methyl sites for hydroxylation is 1. The summed E-state index contributed by atoms with van der Waals surface area (Å²) in [5.41, 5.74) is 2.55. The van der Waals surface area contributed by atoms with Crippen LogP contribution in [0, 0.1) is 6.92 Å². The van der Waals surface area contributed by atoms with Gasteiger partial charge < -0.3 is 9.64 Å². The van der Waals surface area contributed by atoms with Gasteiger partial charge in [0, 0.05) is 25.9 Å². The van der Waals surface area contributed by atoms with E-state index in [2.05, 4.69) is 10.3 Å². The molecule has 0 atom stereocenters. The van der Waals surface area contributed by atoms with Crippen LogP contribution in [0.2, 0.25) is 0 Å². The number of hydrogen-bond donors (Lipinski definition) is 1. The highest BCUT2D eigenvalue weighted by molar-refractivity contribution is 7.17. The zero-order chi connectivity index (χ0) is 18.4. The molecule has 1 aromatic heterocycles. The Balaban J connectivity index is 2.00. The maximum atomic E-state index is 12.0. The molecule has 2 aromatic rings. The van der Waals surface area contributed by atoms with Crippen molar-refractivity contribution in [3.63, 3.8) is 0 Å². The fraction of sp³-hybridized carbons (Fsp3) is 0.278. The molecule has 0 radical (unpaired) electrons. The second-order valence-corrected chi connectivity index (χ2v) is 6.46. The molecule has 132 valence electrons. The number of anilines is 2. The van der Waals surface area contributed by atoms with Crippen molar-refractivity contribution < 1.29 is 14.3 Å². The van der Waals surface area contributed by atoms with Crippen molar-refractivity contribution in [2.24, 2.45) is 0 Å². The molecule has 0 spiro atoms. The number of rotatable bonds is 6. The van der Waals surface area contributed by atoms with Crippen molar-refractivity contribution in [2.75, 3.05) is 30.9 Å². The van der Waals surface area contributed by atoms with Gasteiger partial charge in [-0.25, -0.2) is 9.78 Å². The van der Waals surface area contributed by atoms with Gasteiger partial charge in [-0.3, -0.25) is 10.1 Å². The van der Waals surface area contributed by atoms with E-state index in [9.17, 15) is 9.59 Å². The second-order valence-electron chi connectivity index (χ2n) is 5.46. The first-order valence-electron chi connectivity index (χ1n) is 7.81. The Kier molecular flexibility index (Phi) is 6.30. The number of nitrogens with one attached hydrogen (secondary N) is 1. The van der Waals surface area contributed by atoms with Gasteiger partial charge in [-0.15, -0.1) is 0 Å². The van der Waals surface area contributed by atoms with Crippen molar-refractivity contribution in [2.45, 2.75) is 13.8 Å². The summed E-state index contributed by atoms with van der Waals surface area (Å²) >= 11 is 1.11. The van der Waals surface area contributed by atoms with Crippen LogP contribution < -0.4 is 10.2 Å². The molecule has 25 heavy (non-hydrogen) atoms. The molecule has 0 unspecified atom stereocenters. The molecule has 1 amide bonds. The molecular formula is C18H21N3O3S. The Bertz CT molecular complexity index is 779. The van der Waals surface area contributed by atoms with Crippen LogP contribution in [0.15, 0.2) is 30.3 Å². The number of amides is 1. The largest absolute Gasteiger partial charge is 0.462 e. The second kappa shape index (κ2) is 8.43. The topological polar surface area (TPSA) is 71.5 Å². The van der Waals surface area contributed by atoms with Crippen LogP contribution >= 0.6 is 11.3 Å². The lowest BCUT2D eigenvalue weighted by molar-refractivity contribution is -0.111. The summed E-state index contributed by atoms with van der Waals surface area (Å²) in [5.74, 6) is -0.727. The highest BCUT2D eigenvalue weighted by atomic mass is 32.1. The van der Waals surface area contributed by atoms with Crippen LogP contribution in [0.3, 0.4) is 0 Å². The molecule has 0 aliphatic heterocycles. The average Bonchev–Trinajstić information content (AvgIpc) is 2.94. The molecule has 0 aliphatic carbocycles. The smallest absolute Gasteiger partial charge is 0.350 e. The summed E-state index contributed by atoms with van der Waals surface area (Å²) in [6.45, 7) is 3.75. The van der Waals surface area contributed by atoms with Gasteiger partial charge in [0.15, 0.2) is 5.13 Å². The number of carbonyl (C=O) groups is 2. The lowest BCUT2D eigenvalue weighted by Gasteiger charge is -2.11. The fourth-order valence-electron chi connectivity index (χ4n) is 2.04. The van der Waals surface area contributed by atoms with Crippen molar-refractivity contribution in [3.05, 3.63) is 46.5 Å². The molecule has 1 aromatic carbocycles. The molecule has 0 saturated heterocycles. The first-order chi connectivity index (χ1) is 11.9. The number of ether oxygens (including phenoxy) is 1. The number of benzene rings is 1. The van der Waals surface area contributed by atoms with Gasteiger partial charge in [-0.05, 0) is 37.6 Å². The number of carbonyl (C=O) groups excluding carboxylic acids is 2. The molecule has 1 N–H and O–H groups in total. The van der Waals surface area contributed by atoms with Crippen molar-refractivity contribution in [1.29, 1.82) is 0 Å². The molecule has 1 heterocycles. The van der Waals surface area contributed by atoms with Crippen molar-refractivity contribution >= 4 is 40.1 Å². The summed E-state index contributed by atoms with van der Waals surface area (Å²) in [6, 6.07) is 7.83. The standard InChI is InChI=1S/C18H21N3O3S/c1-5-24-17(23)16-12(2)19-18(25-16)20-15(22)11-8-13-6-9-14(10-7-13)21(3)4/h6-11H,5H2,1-4H3,(H,19,20,22)/b11-8+. The van der Waals surface area contributed by atoms with E-state index in [1.807, 2.05) is 43.3 Å². The third-order valence-electron chi connectivity index (χ3n) is 3.32. The van der Waals surface area contributed by atoms with Crippen LogP contribution in [-0.2, 0) is 9.53 Å². The van der Waals surface area contributed by atoms with Crippen LogP contribution in [0.5, 0.6) is 0 Å². The Morgan fingerprint density at radius 1 is 1.28 bits per heavy atom. The molecule has 0 saturated carbocycles. The lowest BCUT2D eigenvalue weighted by atomic mass is 10.2. The first-order valence-corrected chi connectivity index (χ1v) is 8.63. The number of hydrogen-bond acceptors (Lipinski definition) is 6. The molecule has 6 nitrogen and oxygen atoms in total. The van der Waals surface area contributed by atoms with E-state index in [0.717, 1.165) is 22.6 Å². The summed E-state index contributed by atoms with van der Waals surface area (Å²) in [5, 5.41) is 3.04. The molecular weight excluding hydrogens is 338 g/mol. The third-order valence-corrected chi connectivity index (χ3v) is 4.38. The predicted octanol–water partition coefficient (Wildman–Crippen LogP) is 3.35. The highest BCUT2D eigenvalue weighted by Crippen LogP contribution is 2.23. The van der Waals surface area contributed by atoms with Crippen LogP contribution in [0.4, 0.5) is 10.8 Å². The van der Waals surface area contributed by atoms with E-state index >= 15 is 0 Å². The van der Waals surface area contributed by atoms with E-state index in [0.29, 0.717) is 22.3 Å². The number of aromatic nitrogens is 1. The molecule has 0 aliphatic rings. The van der Waals surface area contributed by atoms with E-state index in [-0.39, 0.29) is 5.91 Å². The summed E-state index contributed by atoms with van der Waals surface area (Å²) in [4.78, 5) is 30.4. The van der Waals surface area contributed by atoms with Crippen molar-refractivity contribution in [1.82, 2.24) is 4.98 Å². The third kappa shape index (κ3) is 5.15. The monoisotopic (exact) mass is 359 g/mol. The van der Waals surface area contributed by atoms with Gasteiger partial charge in [-0.1, -0.05) is 23.5 Å². The Morgan fingerprint density at radius 2 is 1.96 bits per heavy atom. The van der Waals surface area contributed by atoms with Gasteiger partial charge in [0.05, 0.1) is 12.3 Å². The van der Waals surface area contributed by atoms with Gasteiger partial charge >= 0.3 is 5.97 Å². The van der Waals surface area contributed by atoms with E-state index in [4.69, 9.17) is 4.74 Å². The SMILES string of the molecule is CCOC(=O)c1sc(NC(=O)/C=C/c2ccc(N(C)C)cc2)nc1C. The van der Waals surface area contributed by atoms with Crippen LogP contribution in [0.1, 0.15) is 27.9 Å². The first kappa shape index (κ1) is 18.7. The normalized spacial score (nSPS) is 10.7. The minimum absolute atomic E-state index is 0.299. The molecule has 2 rings (SSSR count). The number of thiazole rings is 1.